The molecular formula is C19H21N5O3. The van der Waals surface area contributed by atoms with E-state index in [1.807, 2.05) is 30.9 Å². The minimum absolute atomic E-state index is 0.0110. The first-order valence-electron chi connectivity index (χ1n) is 8.98. The lowest BCUT2D eigenvalue weighted by atomic mass is 10.2. The van der Waals surface area contributed by atoms with Crippen LogP contribution in [0, 0.1) is 0 Å². The number of hydrogen-bond donors (Lipinski definition) is 0. The van der Waals surface area contributed by atoms with Crippen molar-refractivity contribution in [3.63, 3.8) is 0 Å². The van der Waals surface area contributed by atoms with Crippen LogP contribution in [0.2, 0.25) is 0 Å². The Bertz CT molecular complexity index is 911. The third-order valence-electron chi connectivity index (χ3n) is 4.59. The van der Waals surface area contributed by atoms with Crippen LogP contribution in [0.5, 0.6) is 0 Å². The molecule has 0 unspecified atom stereocenters. The number of aromatic nitrogens is 3. The molecule has 8 nitrogen and oxygen atoms in total. The number of furan rings is 1. The fraction of sp³-hybridized carbons (Fsp3) is 0.368. The highest BCUT2D eigenvalue weighted by Gasteiger charge is 2.26. The maximum atomic E-state index is 12.5. The van der Waals surface area contributed by atoms with Crippen molar-refractivity contribution in [3.05, 3.63) is 48.4 Å². The van der Waals surface area contributed by atoms with E-state index in [-0.39, 0.29) is 11.8 Å². The minimum Gasteiger partial charge on any atom is -0.472 e. The van der Waals surface area contributed by atoms with Crippen molar-refractivity contribution in [1.29, 1.82) is 0 Å². The summed E-state index contributed by atoms with van der Waals surface area (Å²) in [5.74, 6) is 2.04. The van der Waals surface area contributed by atoms with Crippen LogP contribution in [0.25, 0.3) is 11.5 Å². The van der Waals surface area contributed by atoms with Crippen molar-refractivity contribution in [1.82, 2.24) is 20.1 Å². The molecule has 3 aromatic rings. The van der Waals surface area contributed by atoms with E-state index < -0.39 is 0 Å². The minimum atomic E-state index is -0.0110. The van der Waals surface area contributed by atoms with Crippen LogP contribution in [-0.4, -0.2) is 52.2 Å². The predicted molar refractivity (Wildman–Crippen MR) is 98.4 cm³/mol. The summed E-state index contributed by atoms with van der Waals surface area (Å²) in [5.41, 5.74) is 1.39. The standard InChI is InChI=1S/C19H21N5O3/c1-13(2)17-21-22-18(27-17)15-4-3-6-20-16(15)23-7-9-24(10-8-23)19(25)14-5-11-26-12-14/h3-6,11-13H,7-10H2,1-2H3. The van der Waals surface area contributed by atoms with Gasteiger partial charge in [-0.1, -0.05) is 13.8 Å². The fourth-order valence-corrected chi connectivity index (χ4v) is 3.08. The van der Waals surface area contributed by atoms with E-state index in [0.717, 1.165) is 11.4 Å². The second-order valence-electron chi connectivity index (χ2n) is 6.77. The van der Waals surface area contributed by atoms with E-state index in [0.29, 0.717) is 43.5 Å². The Labute approximate surface area is 156 Å². The van der Waals surface area contributed by atoms with E-state index in [2.05, 4.69) is 20.1 Å². The summed E-state index contributed by atoms with van der Waals surface area (Å²) in [6.07, 6.45) is 4.74. The second-order valence-corrected chi connectivity index (χ2v) is 6.77. The van der Waals surface area contributed by atoms with E-state index in [4.69, 9.17) is 8.83 Å². The molecule has 0 aliphatic carbocycles. The Hall–Kier alpha value is -3.16. The van der Waals surface area contributed by atoms with E-state index in [9.17, 15) is 4.79 Å². The van der Waals surface area contributed by atoms with Gasteiger partial charge in [-0.2, -0.15) is 0 Å². The Morgan fingerprint density at radius 2 is 1.96 bits per heavy atom. The molecule has 0 radical (unpaired) electrons. The normalized spacial score (nSPS) is 14.8. The van der Waals surface area contributed by atoms with E-state index in [1.54, 1.807) is 12.3 Å². The maximum absolute atomic E-state index is 12.5. The maximum Gasteiger partial charge on any atom is 0.257 e. The molecule has 0 bridgehead atoms. The van der Waals surface area contributed by atoms with Gasteiger partial charge in [0.05, 0.1) is 17.4 Å². The summed E-state index contributed by atoms with van der Waals surface area (Å²) in [7, 11) is 0. The lowest BCUT2D eigenvalue weighted by Gasteiger charge is -2.35. The number of rotatable bonds is 4. The average Bonchev–Trinajstić information content (AvgIpc) is 3.40. The molecule has 0 aromatic carbocycles. The highest BCUT2D eigenvalue weighted by atomic mass is 16.4. The molecule has 1 saturated heterocycles. The molecule has 1 aliphatic heterocycles. The average molecular weight is 367 g/mol. The van der Waals surface area contributed by atoms with E-state index >= 15 is 0 Å². The number of piperazine rings is 1. The van der Waals surface area contributed by atoms with Gasteiger partial charge in [-0.15, -0.1) is 10.2 Å². The Kier molecular flexibility index (Phi) is 4.62. The lowest BCUT2D eigenvalue weighted by Crippen LogP contribution is -2.49. The third-order valence-corrected chi connectivity index (χ3v) is 4.59. The summed E-state index contributed by atoms with van der Waals surface area (Å²) in [5, 5.41) is 8.30. The Morgan fingerprint density at radius 3 is 2.63 bits per heavy atom. The van der Waals surface area contributed by atoms with Crippen LogP contribution in [0.1, 0.15) is 36.0 Å². The van der Waals surface area contributed by atoms with Crippen LogP contribution in [0.3, 0.4) is 0 Å². The van der Waals surface area contributed by atoms with Crippen LogP contribution in [0.4, 0.5) is 5.82 Å². The topological polar surface area (TPSA) is 88.5 Å². The van der Waals surface area contributed by atoms with Gasteiger partial charge in [0.2, 0.25) is 5.89 Å². The molecule has 3 aromatic heterocycles. The number of nitrogens with zero attached hydrogens (tertiary/aromatic N) is 5. The molecule has 8 heteroatoms. The van der Waals surface area contributed by atoms with Gasteiger partial charge in [-0.3, -0.25) is 4.79 Å². The third kappa shape index (κ3) is 3.42. The summed E-state index contributed by atoms with van der Waals surface area (Å²) in [4.78, 5) is 21.0. The highest BCUT2D eigenvalue weighted by molar-refractivity contribution is 5.94. The largest absolute Gasteiger partial charge is 0.472 e. The van der Waals surface area contributed by atoms with Gasteiger partial charge in [0.1, 0.15) is 12.1 Å². The zero-order valence-corrected chi connectivity index (χ0v) is 15.3. The molecule has 0 spiro atoms. The van der Waals surface area contributed by atoms with Gasteiger partial charge in [0.25, 0.3) is 11.8 Å². The quantitative estimate of drug-likeness (QED) is 0.700. The molecule has 0 atom stereocenters. The van der Waals surface area contributed by atoms with Crippen LogP contribution in [-0.2, 0) is 0 Å². The van der Waals surface area contributed by atoms with E-state index in [1.165, 1.54) is 12.5 Å². The molecule has 4 rings (SSSR count). The molecule has 0 N–H and O–H groups in total. The van der Waals surface area contributed by atoms with Gasteiger partial charge in [0, 0.05) is 38.3 Å². The number of anilines is 1. The van der Waals surface area contributed by atoms with Crippen molar-refractivity contribution in [3.8, 4) is 11.5 Å². The first-order chi connectivity index (χ1) is 13.1. The summed E-state index contributed by atoms with van der Waals surface area (Å²) in [6, 6.07) is 5.48. The summed E-state index contributed by atoms with van der Waals surface area (Å²) in [6.45, 7) is 6.61. The van der Waals surface area contributed by atoms with Crippen LogP contribution >= 0.6 is 0 Å². The van der Waals surface area contributed by atoms with Crippen LogP contribution in [0.15, 0.2) is 45.8 Å². The van der Waals surface area contributed by atoms with Crippen molar-refractivity contribution < 1.29 is 13.6 Å². The number of carbonyl (C=O) groups is 1. The second kappa shape index (κ2) is 7.22. The number of hydrogen-bond acceptors (Lipinski definition) is 7. The van der Waals surface area contributed by atoms with Gasteiger partial charge >= 0.3 is 0 Å². The lowest BCUT2D eigenvalue weighted by molar-refractivity contribution is 0.0746. The Balaban J connectivity index is 1.51. The SMILES string of the molecule is CC(C)c1nnc(-c2cccnc2N2CCN(C(=O)c3ccoc3)CC2)o1. The summed E-state index contributed by atoms with van der Waals surface area (Å²) >= 11 is 0. The zero-order chi connectivity index (χ0) is 18.8. The molecule has 1 fully saturated rings. The van der Waals surface area contributed by atoms with Crippen molar-refractivity contribution in [2.75, 3.05) is 31.1 Å². The molecule has 140 valence electrons. The highest BCUT2D eigenvalue weighted by Crippen LogP contribution is 2.29. The molecule has 4 heterocycles. The molecule has 1 aliphatic rings. The first kappa shape index (κ1) is 17.3. The van der Waals surface area contributed by atoms with Crippen molar-refractivity contribution in [2.24, 2.45) is 0 Å². The molecule has 27 heavy (non-hydrogen) atoms. The fourth-order valence-electron chi connectivity index (χ4n) is 3.08. The van der Waals surface area contributed by atoms with Crippen molar-refractivity contribution in [2.45, 2.75) is 19.8 Å². The predicted octanol–water partition coefficient (Wildman–Crippen LogP) is 2.81. The smallest absolute Gasteiger partial charge is 0.257 e. The van der Waals surface area contributed by atoms with Crippen molar-refractivity contribution >= 4 is 11.7 Å². The summed E-state index contributed by atoms with van der Waals surface area (Å²) < 4.78 is 10.8. The van der Waals surface area contributed by atoms with Gasteiger partial charge in [0.15, 0.2) is 0 Å². The zero-order valence-electron chi connectivity index (χ0n) is 15.3. The first-order valence-corrected chi connectivity index (χ1v) is 8.98. The number of amides is 1. The number of carbonyl (C=O) groups excluding carboxylic acids is 1. The number of pyridine rings is 1. The van der Waals surface area contributed by atoms with Gasteiger partial charge in [-0.25, -0.2) is 4.98 Å². The van der Waals surface area contributed by atoms with Gasteiger partial charge < -0.3 is 18.6 Å². The molecule has 1 amide bonds. The van der Waals surface area contributed by atoms with Crippen LogP contribution < -0.4 is 4.90 Å². The molecule has 0 saturated carbocycles. The van der Waals surface area contributed by atoms with Gasteiger partial charge in [-0.05, 0) is 18.2 Å². The Morgan fingerprint density at radius 1 is 1.15 bits per heavy atom. The molecular weight excluding hydrogens is 346 g/mol. The monoisotopic (exact) mass is 367 g/mol.